The van der Waals surface area contributed by atoms with E-state index in [4.69, 9.17) is 4.74 Å². The van der Waals surface area contributed by atoms with Crippen LogP contribution in [0.4, 0.5) is 5.69 Å². The van der Waals surface area contributed by atoms with E-state index in [1.54, 1.807) is 7.11 Å². The fraction of sp³-hybridized carbons (Fsp3) is 0.278. The smallest absolute Gasteiger partial charge is 0.230 e. The standard InChI is InChI=1S/C18H22N2O2/c1-20(14-15-7-4-3-5-8-15)12-11-18(21)19-16-9-6-10-17(13-16)22-2/h3-10,13H,11-12,14H2,1-2H3,(H,19,21)/p+1. The first kappa shape index (κ1) is 16.0. The summed E-state index contributed by atoms with van der Waals surface area (Å²) in [7, 11) is 3.72. The summed E-state index contributed by atoms with van der Waals surface area (Å²) in [5.74, 6) is 0.769. The molecule has 2 aromatic carbocycles. The van der Waals surface area contributed by atoms with Crippen LogP contribution in [-0.4, -0.2) is 26.6 Å². The topological polar surface area (TPSA) is 42.8 Å². The molecule has 0 fully saturated rings. The molecule has 0 radical (unpaired) electrons. The highest BCUT2D eigenvalue weighted by molar-refractivity contribution is 5.90. The van der Waals surface area contributed by atoms with Crippen LogP contribution in [0.2, 0.25) is 0 Å². The predicted octanol–water partition coefficient (Wildman–Crippen LogP) is 1.74. The maximum absolute atomic E-state index is 12.0. The van der Waals surface area contributed by atoms with Crippen LogP contribution in [0.1, 0.15) is 12.0 Å². The Morgan fingerprint density at radius 3 is 2.64 bits per heavy atom. The minimum absolute atomic E-state index is 0.0284. The number of benzene rings is 2. The molecule has 0 spiro atoms. The summed E-state index contributed by atoms with van der Waals surface area (Å²) in [6.45, 7) is 1.72. The van der Waals surface area contributed by atoms with Crippen molar-refractivity contribution >= 4 is 11.6 Å². The van der Waals surface area contributed by atoms with Crippen LogP contribution in [0, 0.1) is 0 Å². The molecule has 0 aliphatic heterocycles. The summed E-state index contributed by atoms with van der Waals surface area (Å²) in [6.07, 6.45) is 0.496. The lowest BCUT2D eigenvalue weighted by atomic mass is 10.2. The van der Waals surface area contributed by atoms with Crippen LogP contribution in [-0.2, 0) is 11.3 Å². The quantitative estimate of drug-likeness (QED) is 0.818. The van der Waals surface area contributed by atoms with Gasteiger partial charge >= 0.3 is 0 Å². The van der Waals surface area contributed by atoms with Gasteiger partial charge in [-0.2, -0.15) is 0 Å². The fourth-order valence-corrected chi connectivity index (χ4v) is 2.28. The molecule has 1 atom stereocenters. The number of amides is 1. The van der Waals surface area contributed by atoms with Gasteiger partial charge in [-0.25, -0.2) is 0 Å². The zero-order valence-electron chi connectivity index (χ0n) is 13.1. The zero-order valence-corrected chi connectivity index (χ0v) is 13.1. The number of carbonyl (C=O) groups is 1. The van der Waals surface area contributed by atoms with Gasteiger partial charge < -0.3 is 15.0 Å². The van der Waals surface area contributed by atoms with E-state index in [1.165, 1.54) is 10.5 Å². The summed E-state index contributed by atoms with van der Waals surface area (Å²) in [6, 6.07) is 17.7. The van der Waals surface area contributed by atoms with Gasteiger partial charge in [-0.05, 0) is 12.1 Å². The van der Waals surface area contributed by atoms with Gasteiger partial charge in [0.2, 0.25) is 5.91 Å². The van der Waals surface area contributed by atoms with Crippen molar-refractivity contribution in [3.8, 4) is 5.75 Å². The maximum atomic E-state index is 12.0. The average Bonchev–Trinajstić information content (AvgIpc) is 2.54. The van der Waals surface area contributed by atoms with Crippen molar-refractivity contribution in [2.45, 2.75) is 13.0 Å². The predicted molar refractivity (Wildman–Crippen MR) is 88.1 cm³/mol. The number of nitrogens with one attached hydrogen (secondary N) is 2. The number of quaternary nitrogens is 1. The molecular weight excluding hydrogens is 276 g/mol. The first-order chi connectivity index (χ1) is 10.7. The first-order valence-corrected chi connectivity index (χ1v) is 7.46. The lowest BCUT2D eigenvalue weighted by molar-refractivity contribution is -0.893. The second-order valence-electron chi connectivity index (χ2n) is 5.40. The van der Waals surface area contributed by atoms with Gasteiger partial charge in [-0.15, -0.1) is 0 Å². The van der Waals surface area contributed by atoms with Crippen molar-refractivity contribution < 1.29 is 14.4 Å². The highest BCUT2D eigenvalue weighted by Gasteiger charge is 2.08. The normalized spacial score (nSPS) is 11.7. The van der Waals surface area contributed by atoms with Crippen LogP contribution in [0.3, 0.4) is 0 Å². The molecule has 0 aromatic heterocycles. The molecule has 2 rings (SSSR count). The number of anilines is 1. The minimum Gasteiger partial charge on any atom is -0.497 e. The van der Waals surface area contributed by atoms with Crippen LogP contribution in [0.25, 0.3) is 0 Å². The molecule has 0 aliphatic carbocycles. The van der Waals surface area contributed by atoms with Gasteiger partial charge in [-0.1, -0.05) is 36.4 Å². The monoisotopic (exact) mass is 299 g/mol. The number of hydrogen-bond donors (Lipinski definition) is 2. The van der Waals surface area contributed by atoms with E-state index in [9.17, 15) is 4.79 Å². The fourth-order valence-electron chi connectivity index (χ4n) is 2.28. The highest BCUT2D eigenvalue weighted by atomic mass is 16.5. The molecule has 1 unspecified atom stereocenters. The molecule has 116 valence electrons. The summed E-state index contributed by atoms with van der Waals surface area (Å²) in [5, 5.41) is 2.90. The Bertz CT molecular complexity index is 599. The SMILES string of the molecule is COc1cccc(NC(=O)CC[NH+](C)Cc2ccccc2)c1. The van der Waals surface area contributed by atoms with Crippen molar-refractivity contribution in [3.05, 3.63) is 60.2 Å². The summed E-state index contributed by atoms with van der Waals surface area (Å²) >= 11 is 0. The largest absolute Gasteiger partial charge is 0.497 e. The van der Waals surface area contributed by atoms with Crippen LogP contribution < -0.4 is 15.0 Å². The first-order valence-electron chi connectivity index (χ1n) is 7.46. The Balaban J connectivity index is 1.77. The molecule has 0 saturated carbocycles. The molecule has 0 saturated heterocycles. The summed E-state index contributed by atoms with van der Waals surface area (Å²) in [5.41, 5.74) is 2.05. The Labute approximate surface area is 131 Å². The molecule has 2 aromatic rings. The van der Waals surface area contributed by atoms with Crippen molar-refractivity contribution in [2.24, 2.45) is 0 Å². The summed E-state index contributed by atoms with van der Waals surface area (Å²) < 4.78 is 5.15. The van der Waals surface area contributed by atoms with Gasteiger partial charge in [0.05, 0.1) is 27.1 Å². The van der Waals surface area contributed by atoms with E-state index in [-0.39, 0.29) is 5.91 Å². The maximum Gasteiger partial charge on any atom is 0.230 e. The Morgan fingerprint density at radius 1 is 1.14 bits per heavy atom. The number of ether oxygens (including phenoxy) is 1. The number of carbonyl (C=O) groups excluding carboxylic acids is 1. The van der Waals surface area contributed by atoms with Crippen molar-refractivity contribution in [1.82, 2.24) is 0 Å². The van der Waals surface area contributed by atoms with Gasteiger partial charge in [0.1, 0.15) is 12.3 Å². The molecule has 0 aliphatic rings. The molecule has 0 bridgehead atoms. The molecule has 4 nitrogen and oxygen atoms in total. The molecule has 1 amide bonds. The Hall–Kier alpha value is -2.33. The van der Waals surface area contributed by atoms with Crippen molar-refractivity contribution in [3.63, 3.8) is 0 Å². The van der Waals surface area contributed by atoms with Gasteiger partial charge in [0.15, 0.2) is 0 Å². The van der Waals surface area contributed by atoms with Crippen molar-refractivity contribution in [1.29, 1.82) is 0 Å². The van der Waals surface area contributed by atoms with Gasteiger partial charge in [0.25, 0.3) is 0 Å². The molecule has 0 heterocycles. The second-order valence-corrected chi connectivity index (χ2v) is 5.40. The minimum atomic E-state index is 0.0284. The number of rotatable bonds is 7. The van der Waals surface area contributed by atoms with E-state index < -0.39 is 0 Å². The van der Waals surface area contributed by atoms with Crippen LogP contribution in [0.5, 0.6) is 5.75 Å². The molecule has 4 heteroatoms. The van der Waals surface area contributed by atoms with Gasteiger partial charge in [-0.3, -0.25) is 4.79 Å². The van der Waals surface area contributed by atoms with E-state index in [2.05, 4.69) is 24.5 Å². The highest BCUT2D eigenvalue weighted by Crippen LogP contribution is 2.16. The lowest BCUT2D eigenvalue weighted by Gasteiger charge is -2.14. The van der Waals surface area contributed by atoms with Crippen molar-refractivity contribution in [2.75, 3.05) is 26.0 Å². The molecule has 22 heavy (non-hydrogen) atoms. The Kier molecular flexibility index (Phi) is 5.98. The number of methoxy groups -OCH3 is 1. The van der Waals surface area contributed by atoms with Crippen LogP contribution in [0.15, 0.2) is 54.6 Å². The lowest BCUT2D eigenvalue weighted by Crippen LogP contribution is -3.07. The molecular formula is C18H23N2O2+. The molecule has 2 N–H and O–H groups in total. The van der Waals surface area contributed by atoms with E-state index >= 15 is 0 Å². The third kappa shape index (κ3) is 5.22. The van der Waals surface area contributed by atoms with E-state index in [0.29, 0.717) is 6.42 Å². The average molecular weight is 299 g/mol. The summed E-state index contributed by atoms with van der Waals surface area (Å²) in [4.78, 5) is 13.3. The second kappa shape index (κ2) is 8.20. The third-order valence-corrected chi connectivity index (χ3v) is 3.48. The van der Waals surface area contributed by atoms with Gasteiger partial charge in [0, 0.05) is 17.3 Å². The van der Waals surface area contributed by atoms with E-state index in [0.717, 1.165) is 24.5 Å². The number of hydrogen-bond acceptors (Lipinski definition) is 2. The van der Waals surface area contributed by atoms with Crippen LogP contribution >= 0.6 is 0 Å². The Morgan fingerprint density at radius 2 is 1.91 bits per heavy atom. The third-order valence-electron chi connectivity index (χ3n) is 3.48. The zero-order chi connectivity index (χ0) is 15.8. The van der Waals surface area contributed by atoms with E-state index in [1.807, 2.05) is 42.5 Å².